The number of rotatable bonds is 4. The van der Waals surface area contributed by atoms with Crippen molar-refractivity contribution in [1.29, 1.82) is 0 Å². The Labute approximate surface area is 196 Å². The number of fused-ring (bicyclic) bond motifs is 2. The van der Waals surface area contributed by atoms with Crippen LogP contribution in [0, 0.1) is 10.1 Å². The molecule has 3 aliphatic rings. The zero-order chi connectivity index (χ0) is 25.0. The highest BCUT2D eigenvalue weighted by molar-refractivity contribution is 6.31. The van der Waals surface area contributed by atoms with Gasteiger partial charge in [-0.2, -0.15) is 13.2 Å². The first-order chi connectivity index (χ1) is 15.8. The zero-order valence-corrected chi connectivity index (χ0v) is 19.0. The normalized spacial score (nSPS) is 28.4. The van der Waals surface area contributed by atoms with E-state index in [0.717, 1.165) is 6.08 Å². The highest BCUT2D eigenvalue weighted by Gasteiger charge is 2.53. The lowest BCUT2D eigenvalue weighted by molar-refractivity contribution is -0.769. The number of carbonyl (C=O) groups is 1. The maximum Gasteiger partial charge on any atom is 0.430 e. The Bertz CT molecular complexity index is 1040. The highest BCUT2D eigenvalue weighted by atomic mass is 35.5. The summed E-state index contributed by atoms with van der Waals surface area (Å²) >= 11 is 6.33. The van der Waals surface area contributed by atoms with Gasteiger partial charge < -0.3 is 23.8 Å². The van der Waals surface area contributed by atoms with Gasteiger partial charge in [0.25, 0.3) is 5.09 Å². The molecule has 0 saturated carbocycles. The van der Waals surface area contributed by atoms with Gasteiger partial charge in [0, 0.05) is 10.6 Å². The molecule has 0 bridgehead atoms. The molecule has 1 aromatic rings. The molecule has 5 atom stereocenters. The fraction of sp³-hybridized carbons (Fsp3) is 0.571. The maximum absolute atomic E-state index is 13.8. The summed E-state index contributed by atoms with van der Waals surface area (Å²) in [4.78, 5) is 27.9. The van der Waals surface area contributed by atoms with E-state index in [4.69, 9.17) is 30.5 Å². The van der Waals surface area contributed by atoms with Crippen molar-refractivity contribution >= 4 is 23.6 Å². The van der Waals surface area contributed by atoms with Crippen molar-refractivity contribution in [3.8, 4) is 5.75 Å². The third-order valence-electron chi connectivity index (χ3n) is 5.72. The molecule has 0 radical (unpaired) electrons. The summed E-state index contributed by atoms with van der Waals surface area (Å²) in [6, 6.07) is 2.87. The minimum atomic E-state index is -4.91. The number of hydrogen-bond acceptors (Lipinski definition) is 8. The van der Waals surface area contributed by atoms with E-state index in [-0.39, 0.29) is 24.5 Å². The first-order valence-corrected chi connectivity index (χ1v) is 10.7. The van der Waals surface area contributed by atoms with E-state index in [2.05, 4.69) is 4.84 Å². The van der Waals surface area contributed by atoms with Crippen LogP contribution in [0.4, 0.5) is 13.2 Å². The number of alkyl halides is 3. The average molecular weight is 508 g/mol. The largest absolute Gasteiger partial charge is 0.475 e. The zero-order valence-electron chi connectivity index (χ0n) is 18.3. The van der Waals surface area contributed by atoms with Crippen LogP contribution in [0.25, 0.3) is 6.08 Å². The smallest absolute Gasteiger partial charge is 0.430 e. The van der Waals surface area contributed by atoms with E-state index in [1.807, 2.05) is 20.8 Å². The van der Waals surface area contributed by atoms with Gasteiger partial charge in [-0.15, -0.1) is 10.1 Å². The fourth-order valence-corrected chi connectivity index (χ4v) is 4.59. The van der Waals surface area contributed by atoms with Gasteiger partial charge in [-0.3, -0.25) is 0 Å². The van der Waals surface area contributed by atoms with Crippen molar-refractivity contribution in [1.82, 2.24) is 0 Å². The van der Waals surface area contributed by atoms with E-state index >= 15 is 0 Å². The van der Waals surface area contributed by atoms with Crippen LogP contribution in [-0.2, 0) is 29.3 Å². The Morgan fingerprint density at radius 1 is 1.15 bits per heavy atom. The lowest BCUT2D eigenvalue weighted by atomic mass is 9.85. The second kappa shape index (κ2) is 8.58. The van der Waals surface area contributed by atoms with Crippen molar-refractivity contribution < 1.29 is 46.8 Å². The number of nitrogens with zero attached hydrogens (tertiary/aromatic N) is 1. The number of esters is 1. The summed E-state index contributed by atoms with van der Waals surface area (Å²) in [6.07, 6.45) is -10.4. The van der Waals surface area contributed by atoms with Crippen molar-refractivity contribution in [3.05, 3.63) is 44.0 Å². The number of ether oxygens (including phenoxy) is 4. The van der Waals surface area contributed by atoms with Crippen LogP contribution >= 0.6 is 11.6 Å². The molecule has 13 heteroatoms. The Morgan fingerprint density at radius 2 is 1.76 bits per heavy atom. The number of halogens is 4. The van der Waals surface area contributed by atoms with Crippen LogP contribution in [-0.4, -0.2) is 61.0 Å². The Balaban J connectivity index is 1.59. The molecule has 3 heterocycles. The van der Waals surface area contributed by atoms with Gasteiger partial charge in [0.15, 0.2) is 12.2 Å². The molecule has 0 aliphatic carbocycles. The predicted octanol–water partition coefficient (Wildman–Crippen LogP) is 3.63. The molecule has 34 heavy (non-hydrogen) atoms. The van der Waals surface area contributed by atoms with Gasteiger partial charge in [-0.05, 0) is 29.2 Å². The van der Waals surface area contributed by atoms with Crippen molar-refractivity contribution in [3.63, 3.8) is 0 Å². The van der Waals surface area contributed by atoms with Gasteiger partial charge in [-0.1, -0.05) is 32.4 Å². The Hall–Kier alpha value is -2.57. The van der Waals surface area contributed by atoms with Crippen molar-refractivity contribution in [2.45, 2.75) is 62.9 Å². The standard InChI is InChI=1S/C21H21ClF3NO8/c1-20(2,3)11-6-13-9(5-12(11)22)4-10(18(32-13)21(23,24)25)19(27)33-14-7-30-17-15(34-26(28)29)8-31-16(14)17/h4-6,14-18H,7-8H2,1-3H3/t14-,15+,16+,17+,18-/m0/s1. The Morgan fingerprint density at radius 3 is 2.35 bits per heavy atom. The number of hydrogen-bond donors (Lipinski definition) is 0. The molecule has 0 unspecified atom stereocenters. The summed E-state index contributed by atoms with van der Waals surface area (Å²) in [5.41, 5.74) is -0.433. The van der Waals surface area contributed by atoms with Gasteiger partial charge in [-0.25, -0.2) is 4.79 Å². The van der Waals surface area contributed by atoms with E-state index in [1.165, 1.54) is 12.1 Å². The molecular formula is C21H21ClF3NO8. The molecule has 1 aromatic carbocycles. The minimum absolute atomic E-state index is 0.0589. The molecule has 9 nitrogen and oxygen atoms in total. The van der Waals surface area contributed by atoms with Crippen molar-refractivity contribution in [2.75, 3.05) is 13.2 Å². The summed E-state index contributed by atoms with van der Waals surface area (Å²) in [5, 5.41) is 9.91. The minimum Gasteiger partial charge on any atom is -0.475 e. The first-order valence-electron chi connectivity index (χ1n) is 10.3. The molecule has 0 aromatic heterocycles. The molecule has 3 aliphatic heterocycles. The highest BCUT2D eigenvalue weighted by Crippen LogP contribution is 2.42. The topological polar surface area (TPSA) is 106 Å². The second-order valence-corrected chi connectivity index (χ2v) is 9.57. The van der Waals surface area contributed by atoms with Gasteiger partial charge in [0.05, 0.1) is 18.8 Å². The lowest BCUT2D eigenvalue weighted by Gasteiger charge is -2.30. The summed E-state index contributed by atoms with van der Waals surface area (Å²) in [7, 11) is 0. The van der Waals surface area contributed by atoms with E-state index in [1.54, 1.807) is 0 Å². The van der Waals surface area contributed by atoms with E-state index < -0.39 is 58.7 Å². The predicted molar refractivity (Wildman–Crippen MR) is 110 cm³/mol. The molecule has 0 N–H and O–H groups in total. The van der Waals surface area contributed by atoms with Gasteiger partial charge in [0.1, 0.15) is 18.0 Å². The molecule has 186 valence electrons. The first kappa shape index (κ1) is 24.6. The SMILES string of the molecule is CC(C)(C)c1cc2c(cc1Cl)C=C(C(=O)O[C@H]1CO[C@H]3[C@@H]1OC[C@H]3O[N+](=O)[O-])[C@@H](C(F)(F)F)O2. The molecule has 0 spiro atoms. The van der Waals surface area contributed by atoms with Gasteiger partial charge >= 0.3 is 12.1 Å². The summed E-state index contributed by atoms with van der Waals surface area (Å²) in [6.45, 7) is 5.15. The molecular weight excluding hydrogens is 487 g/mol. The monoisotopic (exact) mass is 507 g/mol. The van der Waals surface area contributed by atoms with Crippen LogP contribution in [0.2, 0.25) is 5.02 Å². The molecule has 2 fully saturated rings. The van der Waals surface area contributed by atoms with E-state index in [0.29, 0.717) is 10.6 Å². The van der Waals surface area contributed by atoms with Crippen LogP contribution in [0.15, 0.2) is 17.7 Å². The maximum atomic E-state index is 13.8. The molecule has 0 amide bonds. The third-order valence-corrected chi connectivity index (χ3v) is 6.03. The second-order valence-electron chi connectivity index (χ2n) is 9.17. The van der Waals surface area contributed by atoms with E-state index in [9.17, 15) is 28.1 Å². The number of benzene rings is 1. The van der Waals surface area contributed by atoms with Crippen LogP contribution in [0.1, 0.15) is 31.9 Å². The molecule has 2 saturated heterocycles. The van der Waals surface area contributed by atoms with Crippen molar-refractivity contribution in [2.24, 2.45) is 0 Å². The average Bonchev–Trinajstić information content (AvgIpc) is 3.28. The summed E-state index contributed by atoms with van der Waals surface area (Å²) < 4.78 is 62.7. The third kappa shape index (κ3) is 4.66. The van der Waals surface area contributed by atoms with Crippen LogP contribution < -0.4 is 4.74 Å². The van der Waals surface area contributed by atoms with Gasteiger partial charge in [0.2, 0.25) is 6.10 Å². The lowest BCUT2D eigenvalue weighted by Crippen LogP contribution is -2.42. The fourth-order valence-electron chi connectivity index (χ4n) is 4.14. The Kier molecular flexibility index (Phi) is 6.19. The number of carbonyl (C=O) groups excluding carboxylic acids is 1. The van der Waals surface area contributed by atoms with Crippen LogP contribution in [0.3, 0.4) is 0 Å². The quantitative estimate of drug-likeness (QED) is 0.345. The summed E-state index contributed by atoms with van der Waals surface area (Å²) in [5.74, 6) is -1.34. The van der Waals surface area contributed by atoms with Crippen LogP contribution in [0.5, 0.6) is 5.75 Å². The molecule has 4 rings (SSSR count).